The summed E-state index contributed by atoms with van der Waals surface area (Å²) in [5, 5.41) is 8.18. The van der Waals surface area contributed by atoms with E-state index in [0.29, 0.717) is 0 Å². The average Bonchev–Trinajstić information content (AvgIpc) is 2.58. The fraction of sp³-hybridized carbons (Fsp3) is 0.455. The van der Waals surface area contributed by atoms with Crippen LogP contribution in [0, 0.1) is 5.41 Å². The molecule has 1 heterocycles. The Hall–Kier alpha value is -1.09. The zero-order chi connectivity index (χ0) is 11.1. The van der Waals surface area contributed by atoms with Gasteiger partial charge in [0, 0.05) is 0 Å². The number of fused-ring (bicyclic) bond motifs is 1. The number of nitrogens with zero attached hydrogens (tertiary/aromatic N) is 3. The van der Waals surface area contributed by atoms with E-state index in [1.165, 1.54) is 0 Å². The molecule has 15 heavy (non-hydrogen) atoms. The summed E-state index contributed by atoms with van der Waals surface area (Å²) in [7, 11) is 0. The predicted octanol–water partition coefficient (Wildman–Crippen LogP) is 3.21. The van der Waals surface area contributed by atoms with Crippen LogP contribution in [-0.2, 0) is 0 Å². The molecule has 0 N–H and O–H groups in total. The summed E-state index contributed by atoms with van der Waals surface area (Å²) in [5.41, 5.74) is 1.63. The lowest BCUT2D eigenvalue weighted by molar-refractivity contribution is 0.309. The molecule has 0 saturated carbocycles. The molecule has 1 unspecified atom stereocenters. The number of hydrogen-bond donors (Lipinski definition) is 0. The third-order valence-electron chi connectivity index (χ3n) is 2.31. The molecule has 0 bridgehead atoms. The smallest absolute Gasteiger partial charge is 0.132 e. The van der Waals surface area contributed by atoms with E-state index in [2.05, 4.69) is 31.1 Å². The van der Waals surface area contributed by atoms with E-state index in [0.717, 1.165) is 11.0 Å². The highest BCUT2D eigenvalue weighted by molar-refractivity contribution is 6.19. The molecule has 0 aliphatic carbocycles. The molecule has 0 fully saturated rings. The van der Waals surface area contributed by atoms with Gasteiger partial charge in [-0.15, -0.1) is 5.10 Å². The number of alkyl halides is 1. The standard InChI is InChI=1S/C11H14ClN3/c1-11(2,3)10(12)15-9-7-5-4-6-8(9)13-14-15/h4-7,10H,1-3H3. The van der Waals surface area contributed by atoms with Crippen molar-refractivity contribution in [3.05, 3.63) is 24.3 Å². The fourth-order valence-corrected chi connectivity index (χ4v) is 1.57. The Kier molecular flexibility index (Phi) is 2.43. The molecule has 2 rings (SSSR count). The Balaban J connectivity index is 2.53. The van der Waals surface area contributed by atoms with E-state index in [1.807, 2.05) is 24.3 Å². The maximum Gasteiger partial charge on any atom is 0.132 e. The summed E-state index contributed by atoms with van der Waals surface area (Å²) in [6.07, 6.45) is 0. The van der Waals surface area contributed by atoms with Crippen molar-refractivity contribution in [3.63, 3.8) is 0 Å². The Labute approximate surface area is 94.0 Å². The molecule has 80 valence electrons. The van der Waals surface area contributed by atoms with Crippen LogP contribution in [0.15, 0.2) is 24.3 Å². The highest BCUT2D eigenvalue weighted by Gasteiger charge is 2.26. The maximum atomic E-state index is 6.36. The van der Waals surface area contributed by atoms with Gasteiger partial charge in [-0.3, -0.25) is 0 Å². The van der Waals surface area contributed by atoms with Gasteiger partial charge in [0.2, 0.25) is 0 Å². The molecule has 0 aliphatic rings. The molecule has 0 saturated heterocycles. The van der Waals surface area contributed by atoms with Gasteiger partial charge in [0.1, 0.15) is 11.0 Å². The largest absolute Gasteiger partial charge is 0.226 e. The summed E-state index contributed by atoms with van der Waals surface area (Å²) in [4.78, 5) is 0. The normalized spacial score (nSPS) is 14.4. The number of benzene rings is 1. The minimum atomic E-state index is -0.190. The van der Waals surface area contributed by atoms with E-state index < -0.39 is 0 Å². The van der Waals surface area contributed by atoms with Gasteiger partial charge in [0.05, 0.1) is 5.52 Å². The summed E-state index contributed by atoms with van der Waals surface area (Å²) >= 11 is 6.36. The number of halogens is 1. The molecule has 1 aromatic carbocycles. The average molecular weight is 224 g/mol. The topological polar surface area (TPSA) is 30.7 Å². The molecule has 0 aliphatic heterocycles. The summed E-state index contributed by atoms with van der Waals surface area (Å²) in [6.45, 7) is 6.25. The molecule has 0 amide bonds. The third-order valence-corrected chi connectivity index (χ3v) is 3.15. The second-order valence-corrected chi connectivity index (χ2v) is 5.14. The quantitative estimate of drug-likeness (QED) is 0.695. The zero-order valence-corrected chi connectivity index (χ0v) is 9.86. The van der Waals surface area contributed by atoms with Crippen LogP contribution >= 0.6 is 11.6 Å². The molecule has 0 spiro atoms. The van der Waals surface area contributed by atoms with Gasteiger partial charge in [-0.1, -0.05) is 49.7 Å². The Bertz CT molecular complexity index is 470. The Morgan fingerprint density at radius 2 is 1.93 bits per heavy atom. The first-order valence-corrected chi connectivity index (χ1v) is 5.38. The maximum absolute atomic E-state index is 6.36. The predicted molar refractivity (Wildman–Crippen MR) is 61.9 cm³/mol. The van der Waals surface area contributed by atoms with E-state index in [-0.39, 0.29) is 10.9 Å². The number of rotatable bonds is 1. The van der Waals surface area contributed by atoms with Gasteiger partial charge >= 0.3 is 0 Å². The van der Waals surface area contributed by atoms with Gasteiger partial charge in [-0.2, -0.15) is 0 Å². The van der Waals surface area contributed by atoms with Crippen molar-refractivity contribution in [2.24, 2.45) is 5.41 Å². The summed E-state index contributed by atoms with van der Waals surface area (Å²) in [6, 6.07) is 7.83. The molecule has 4 heteroatoms. The number of hydrogen-bond acceptors (Lipinski definition) is 2. The van der Waals surface area contributed by atoms with Crippen LogP contribution < -0.4 is 0 Å². The minimum absolute atomic E-state index is 0.0436. The van der Waals surface area contributed by atoms with Crippen LogP contribution in [0.2, 0.25) is 0 Å². The van der Waals surface area contributed by atoms with Crippen LogP contribution in [0.1, 0.15) is 26.3 Å². The lowest BCUT2D eigenvalue weighted by atomic mass is 9.96. The Morgan fingerprint density at radius 1 is 1.27 bits per heavy atom. The lowest BCUT2D eigenvalue weighted by Gasteiger charge is -2.25. The van der Waals surface area contributed by atoms with E-state index >= 15 is 0 Å². The van der Waals surface area contributed by atoms with Crippen LogP contribution in [0.4, 0.5) is 0 Å². The molecule has 3 nitrogen and oxygen atoms in total. The fourth-order valence-electron chi connectivity index (χ4n) is 1.42. The van der Waals surface area contributed by atoms with E-state index in [1.54, 1.807) is 4.68 Å². The highest BCUT2D eigenvalue weighted by Crippen LogP contribution is 2.34. The lowest BCUT2D eigenvalue weighted by Crippen LogP contribution is -2.20. The molecule has 2 aromatic rings. The zero-order valence-electron chi connectivity index (χ0n) is 9.11. The Morgan fingerprint density at radius 3 is 2.60 bits per heavy atom. The number of aromatic nitrogens is 3. The van der Waals surface area contributed by atoms with Crippen molar-refractivity contribution in [1.29, 1.82) is 0 Å². The highest BCUT2D eigenvalue weighted by atomic mass is 35.5. The first kappa shape index (κ1) is 10.4. The first-order chi connectivity index (χ1) is 7.00. The molecular formula is C11H14ClN3. The van der Waals surface area contributed by atoms with Gasteiger partial charge in [0.25, 0.3) is 0 Å². The van der Waals surface area contributed by atoms with Crippen molar-refractivity contribution in [3.8, 4) is 0 Å². The number of para-hydroxylation sites is 1. The minimum Gasteiger partial charge on any atom is -0.226 e. The molecular weight excluding hydrogens is 210 g/mol. The van der Waals surface area contributed by atoms with Gasteiger partial charge < -0.3 is 0 Å². The van der Waals surface area contributed by atoms with Crippen LogP contribution in [0.3, 0.4) is 0 Å². The second-order valence-electron chi connectivity index (χ2n) is 4.72. The van der Waals surface area contributed by atoms with Crippen molar-refractivity contribution in [2.45, 2.75) is 26.3 Å². The molecule has 0 radical (unpaired) electrons. The van der Waals surface area contributed by atoms with Crippen LogP contribution in [0.5, 0.6) is 0 Å². The summed E-state index contributed by atoms with van der Waals surface area (Å²) in [5.74, 6) is 0. The summed E-state index contributed by atoms with van der Waals surface area (Å²) < 4.78 is 1.77. The second kappa shape index (κ2) is 3.49. The van der Waals surface area contributed by atoms with Gasteiger partial charge in [-0.25, -0.2) is 4.68 Å². The van der Waals surface area contributed by atoms with Crippen LogP contribution in [0.25, 0.3) is 11.0 Å². The molecule has 1 aromatic heterocycles. The van der Waals surface area contributed by atoms with Gasteiger partial charge in [0.15, 0.2) is 0 Å². The van der Waals surface area contributed by atoms with E-state index in [9.17, 15) is 0 Å². The SMILES string of the molecule is CC(C)(C)C(Cl)n1nnc2ccccc21. The van der Waals surface area contributed by atoms with E-state index in [4.69, 9.17) is 11.6 Å². The van der Waals surface area contributed by atoms with Crippen molar-refractivity contribution < 1.29 is 0 Å². The van der Waals surface area contributed by atoms with Crippen molar-refractivity contribution >= 4 is 22.6 Å². The monoisotopic (exact) mass is 223 g/mol. The van der Waals surface area contributed by atoms with Crippen molar-refractivity contribution in [2.75, 3.05) is 0 Å². The third kappa shape index (κ3) is 1.84. The first-order valence-electron chi connectivity index (χ1n) is 4.94. The van der Waals surface area contributed by atoms with Crippen LogP contribution in [-0.4, -0.2) is 15.0 Å². The molecule has 1 atom stereocenters. The van der Waals surface area contributed by atoms with Gasteiger partial charge in [-0.05, 0) is 17.5 Å². The van der Waals surface area contributed by atoms with Crippen molar-refractivity contribution in [1.82, 2.24) is 15.0 Å².